The Morgan fingerprint density at radius 2 is 1.81 bits per heavy atom. The van der Waals surface area contributed by atoms with Crippen LogP contribution in [0.2, 0.25) is 0 Å². The van der Waals surface area contributed by atoms with Crippen LogP contribution in [0.15, 0.2) is 41.8 Å². The SMILES string of the molecule is CC(C)(C)c1ccc(C(=O)NCC(c2cccs2)N2CCCCC2)cc1. The number of nitrogens with one attached hydrogen (secondary N) is 1. The van der Waals surface area contributed by atoms with Crippen LogP contribution in [0.25, 0.3) is 0 Å². The maximum Gasteiger partial charge on any atom is 0.251 e. The highest BCUT2D eigenvalue weighted by Gasteiger charge is 2.24. The molecule has 4 heteroatoms. The van der Waals surface area contributed by atoms with Crippen molar-refractivity contribution in [2.24, 2.45) is 0 Å². The average Bonchev–Trinajstić information content (AvgIpc) is 3.16. The molecule has 1 amide bonds. The molecule has 140 valence electrons. The van der Waals surface area contributed by atoms with E-state index in [-0.39, 0.29) is 17.4 Å². The largest absolute Gasteiger partial charge is 0.350 e. The minimum absolute atomic E-state index is 0.0176. The second-order valence-electron chi connectivity index (χ2n) is 8.17. The Kier molecular flexibility index (Phi) is 6.15. The Labute approximate surface area is 161 Å². The highest BCUT2D eigenvalue weighted by Crippen LogP contribution is 2.27. The average molecular weight is 371 g/mol. The van der Waals surface area contributed by atoms with Gasteiger partial charge in [-0.05, 0) is 60.5 Å². The van der Waals surface area contributed by atoms with Gasteiger partial charge in [-0.2, -0.15) is 0 Å². The second-order valence-corrected chi connectivity index (χ2v) is 9.14. The predicted octanol–water partition coefficient (Wildman–Crippen LogP) is 5.00. The number of carbonyl (C=O) groups excluding carboxylic acids is 1. The van der Waals surface area contributed by atoms with Crippen LogP contribution in [0, 0.1) is 0 Å². The number of carbonyl (C=O) groups is 1. The molecule has 1 aromatic heterocycles. The molecule has 0 radical (unpaired) electrons. The lowest BCUT2D eigenvalue weighted by molar-refractivity contribution is 0.0925. The lowest BCUT2D eigenvalue weighted by Crippen LogP contribution is -2.40. The van der Waals surface area contributed by atoms with Gasteiger partial charge in [0.1, 0.15) is 0 Å². The minimum Gasteiger partial charge on any atom is -0.350 e. The van der Waals surface area contributed by atoms with E-state index in [9.17, 15) is 4.79 Å². The molecule has 1 aliphatic rings. The first-order valence-electron chi connectivity index (χ1n) is 9.61. The van der Waals surface area contributed by atoms with Gasteiger partial charge < -0.3 is 5.32 Å². The molecular weight excluding hydrogens is 340 g/mol. The zero-order valence-corrected chi connectivity index (χ0v) is 16.9. The highest BCUT2D eigenvalue weighted by atomic mass is 32.1. The number of thiophene rings is 1. The number of amides is 1. The van der Waals surface area contributed by atoms with Gasteiger partial charge in [-0.3, -0.25) is 9.69 Å². The van der Waals surface area contributed by atoms with Crippen LogP contribution in [-0.2, 0) is 5.41 Å². The third-order valence-corrected chi connectivity index (χ3v) is 6.15. The summed E-state index contributed by atoms with van der Waals surface area (Å²) in [5, 5.41) is 5.29. The molecule has 1 N–H and O–H groups in total. The minimum atomic E-state index is 0.0176. The van der Waals surface area contributed by atoms with Gasteiger partial charge >= 0.3 is 0 Å². The van der Waals surface area contributed by atoms with E-state index in [4.69, 9.17) is 0 Å². The number of hydrogen-bond acceptors (Lipinski definition) is 3. The van der Waals surface area contributed by atoms with Crippen molar-refractivity contribution >= 4 is 17.2 Å². The third-order valence-electron chi connectivity index (χ3n) is 5.17. The molecule has 3 nitrogen and oxygen atoms in total. The molecule has 0 spiro atoms. The van der Waals surface area contributed by atoms with Crippen LogP contribution in [0.4, 0.5) is 0 Å². The molecule has 0 bridgehead atoms. The van der Waals surface area contributed by atoms with Crippen molar-refractivity contribution < 1.29 is 4.79 Å². The number of rotatable bonds is 5. The van der Waals surface area contributed by atoms with Crippen molar-refractivity contribution in [3.05, 3.63) is 57.8 Å². The Balaban J connectivity index is 1.65. The number of nitrogens with zero attached hydrogens (tertiary/aromatic N) is 1. The molecule has 2 aromatic rings. The second kappa shape index (κ2) is 8.36. The third kappa shape index (κ3) is 4.74. The lowest BCUT2D eigenvalue weighted by Gasteiger charge is -2.34. The van der Waals surface area contributed by atoms with Gasteiger partial charge in [-0.15, -0.1) is 11.3 Å². The van der Waals surface area contributed by atoms with Crippen molar-refractivity contribution in [2.45, 2.75) is 51.5 Å². The van der Waals surface area contributed by atoms with E-state index in [1.54, 1.807) is 11.3 Å². The molecule has 2 heterocycles. The molecule has 0 aliphatic carbocycles. The molecule has 26 heavy (non-hydrogen) atoms. The molecule has 1 aromatic carbocycles. The van der Waals surface area contributed by atoms with E-state index >= 15 is 0 Å². The van der Waals surface area contributed by atoms with Crippen molar-refractivity contribution in [1.82, 2.24) is 10.2 Å². The van der Waals surface area contributed by atoms with Gasteiger partial charge in [0.15, 0.2) is 0 Å². The summed E-state index contributed by atoms with van der Waals surface area (Å²) in [5.41, 5.74) is 2.09. The Hall–Kier alpha value is -1.65. The molecular formula is C22H30N2OS. The van der Waals surface area contributed by atoms with Crippen LogP contribution in [0.5, 0.6) is 0 Å². The monoisotopic (exact) mass is 370 g/mol. The molecule has 1 unspecified atom stereocenters. The summed E-state index contributed by atoms with van der Waals surface area (Å²) in [6.45, 7) is 9.47. The van der Waals surface area contributed by atoms with Crippen LogP contribution in [0.3, 0.4) is 0 Å². The maximum absolute atomic E-state index is 12.6. The fourth-order valence-electron chi connectivity index (χ4n) is 3.53. The summed E-state index contributed by atoms with van der Waals surface area (Å²) in [4.78, 5) is 16.5. The predicted molar refractivity (Wildman–Crippen MR) is 110 cm³/mol. The summed E-state index contributed by atoms with van der Waals surface area (Å²) in [6.07, 6.45) is 3.83. The number of benzene rings is 1. The quantitative estimate of drug-likeness (QED) is 0.803. The van der Waals surface area contributed by atoms with Crippen LogP contribution in [0.1, 0.15) is 66.9 Å². The van der Waals surface area contributed by atoms with Gasteiger partial charge in [-0.25, -0.2) is 0 Å². The standard InChI is InChI=1S/C22H30N2OS/c1-22(2,3)18-11-9-17(10-12-18)21(25)23-16-19(20-8-7-15-26-20)24-13-5-4-6-14-24/h7-12,15,19H,4-6,13-14,16H2,1-3H3,(H,23,25). The zero-order valence-electron chi connectivity index (χ0n) is 16.1. The molecule has 1 saturated heterocycles. The lowest BCUT2D eigenvalue weighted by atomic mass is 9.87. The van der Waals surface area contributed by atoms with Crippen molar-refractivity contribution in [2.75, 3.05) is 19.6 Å². The number of piperidine rings is 1. The fourth-order valence-corrected chi connectivity index (χ4v) is 4.39. The van der Waals surface area contributed by atoms with Crippen LogP contribution in [-0.4, -0.2) is 30.4 Å². The normalized spacial score (nSPS) is 17.0. The van der Waals surface area contributed by atoms with Crippen LogP contribution >= 0.6 is 11.3 Å². The zero-order chi connectivity index (χ0) is 18.6. The molecule has 3 rings (SSSR count). The maximum atomic E-state index is 12.6. The van der Waals surface area contributed by atoms with Gasteiger partial charge in [0.05, 0.1) is 6.04 Å². The first-order chi connectivity index (χ1) is 12.4. The van der Waals surface area contributed by atoms with E-state index in [1.807, 2.05) is 12.1 Å². The van der Waals surface area contributed by atoms with Crippen LogP contribution < -0.4 is 5.32 Å². The van der Waals surface area contributed by atoms with E-state index in [1.165, 1.54) is 29.7 Å². The van der Waals surface area contributed by atoms with Gasteiger partial charge in [0, 0.05) is 17.0 Å². The van der Waals surface area contributed by atoms with Gasteiger partial charge in [-0.1, -0.05) is 45.4 Å². The van der Waals surface area contributed by atoms with Gasteiger partial charge in [0.25, 0.3) is 5.91 Å². The molecule has 1 atom stereocenters. The summed E-state index contributed by atoms with van der Waals surface area (Å²) < 4.78 is 0. The Morgan fingerprint density at radius 3 is 2.38 bits per heavy atom. The summed E-state index contributed by atoms with van der Waals surface area (Å²) >= 11 is 1.78. The van der Waals surface area contributed by atoms with Gasteiger partial charge in [0.2, 0.25) is 0 Å². The number of likely N-dealkylation sites (tertiary alicyclic amines) is 1. The van der Waals surface area contributed by atoms with Crippen molar-refractivity contribution in [3.63, 3.8) is 0 Å². The first-order valence-corrected chi connectivity index (χ1v) is 10.5. The summed E-state index contributed by atoms with van der Waals surface area (Å²) in [5.74, 6) is 0.0176. The Bertz CT molecular complexity index is 695. The van der Waals surface area contributed by atoms with E-state index in [2.05, 4.69) is 60.6 Å². The first kappa shape index (κ1) is 19.1. The van der Waals surface area contributed by atoms with E-state index < -0.39 is 0 Å². The smallest absolute Gasteiger partial charge is 0.251 e. The summed E-state index contributed by atoms with van der Waals surface area (Å²) in [7, 11) is 0. The topological polar surface area (TPSA) is 32.3 Å². The van der Waals surface area contributed by atoms with E-state index in [0.717, 1.165) is 18.7 Å². The molecule has 1 aliphatic heterocycles. The highest BCUT2D eigenvalue weighted by molar-refractivity contribution is 7.10. The Morgan fingerprint density at radius 1 is 1.12 bits per heavy atom. The number of hydrogen-bond donors (Lipinski definition) is 1. The van der Waals surface area contributed by atoms with Crippen molar-refractivity contribution in [1.29, 1.82) is 0 Å². The molecule has 1 fully saturated rings. The van der Waals surface area contributed by atoms with E-state index in [0.29, 0.717) is 6.54 Å². The fraction of sp³-hybridized carbons (Fsp3) is 0.500. The summed E-state index contributed by atoms with van der Waals surface area (Å²) in [6, 6.07) is 12.6. The van der Waals surface area contributed by atoms with Crippen molar-refractivity contribution in [3.8, 4) is 0 Å². The molecule has 0 saturated carbocycles.